The summed E-state index contributed by atoms with van der Waals surface area (Å²) in [5, 5.41) is 4.08. The Morgan fingerprint density at radius 3 is 2.45 bits per heavy atom. The topological polar surface area (TPSA) is 87.2 Å². The second-order valence-electron chi connectivity index (χ2n) is 12.7. The molecule has 3 aliphatic heterocycles. The normalized spacial score (nSPS) is 19.9. The van der Waals surface area contributed by atoms with E-state index < -0.39 is 6.04 Å². The van der Waals surface area contributed by atoms with Crippen LogP contribution in [0.4, 0.5) is 4.79 Å². The lowest BCUT2D eigenvalue weighted by Crippen LogP contribution is -2.57. The molecule has 0 saturated carbocycles. The fourth-order valence-electron chi connectivity index (χ4n) is 6.45. The SMILES string of the molecule is CC[C@H](COc1cccnc1C1CCN(C(=O)[C@@H](Cc2ccc(Cl)cc2Cl)NC(=O)N2CCC3(CC2)COC3)CC1)N(C)C. The highest BCUT2D eigenvalue weighted by Gasteiger charge is 2.42. The van der Waals surface area contributed by atoms with Crippen molar-refractivity contribution >= 4 is 35.1 Å². The first kappa shape index (κ1) is 32.8. The van der Waals surface area contributed by atoms with Crippen LogP contribution >= 0.6 is 23.2 Å². The van der Waals surface area contributed by atoms with Crippen LogP contribution in [0.2, 0.25) is 10.0 Å². The van der Waals surface area contributed by atoms with E-state index in [1.807, 2.05) is 34.2 Å². The number of carbonyl (C=O) groups is 2. The average molecular weight is 647 g/mol. The van der Waals surface area contributed by atoms with Gasteiger partial charge in [0.25, 0.3) is 0 Å². The molecule has 0 radical (unpaired) electrons. The third kappa shape index (κ3) is 7.79. The minimum atomic E-state index is -0.744. The van der Waals surface area contributed by atoms with E-state index in [1.54, 1.807) is 12.1 Å². The predicted octanol–water partition coefficient (Wildman–Crippen LogP) is 5.25. The van der Waals surface area contributed by atoms with Crippen molar-refractivity contribution in [1.82, 2.24) is 25.0 Å². The number of likely N-dealkylation sites (tertiary alicyclic amines) is 2. The van der Waals surface area contributed by atoms with Gasteiger partial charge in [0.05, 0.1) is 18.9 Å². The van der Waals surface area contributed by atoms with Crippen molar-refractivity contribution in [2.24, 2.45) is 5.41 Å². The molecule has 2 aromatic rings. The summed E-state index contributed by atoms with van der Waals surface area (Å²) in [6.45, 7) is 6.76. The van der Waals surface area contributed by atoms with Gasteiger partial charge in [0.1, 0.15) is 18.4 Å². The van der Waals surface area contributed by atoms with Crippen molar-refractivity contribution in [2.45, 2.75) is 63.5 Å². The van der Waals surface area contributed by atoms with Crippen LogP contribution in [-0.4, -0.2) is 104 Å². The molecule has 3 fully saturated rings. The molecule has 1 aromatic heterocycles. The number of carbonyl (C=O) groups excluding carboxylic acids is 2. The van der Waals surface area contributed by atoms with Crippen molar-refractivity contribution in [3.63, 3.8) is 0 Å². The highest BCUT2D eigenvalue weighted by atomic mass is 35.5. The molecule has 0 bridgehead atoms. The van der Waals surface area contributed by atoms with E-state index >= 15 is 0 Å². The number of nitrogens with one attached hydrogen (secondary N) is 1. The third-order valence-corrected chi connectivity index (χ3v) is 10.2. The number of hydrogen-bond acceptors (Lipinski definition) is 6. The molecule has 240 valence electrons. The molecule has 4 heterocycles. The number of rotatable bonds is 10. The maximum Gasteiger partial charge on any atom is 0.318 e. The molecule has 11 heteroatoms. The molecule has 1 spiro atoms. The van der Waals surface area contributed by atoms with E-state index in [0.717, 1.165) is 62.3 Å². The van der Waals surface area contributed by atoms with Gasteiger partial charge in [-0.3, -0.25) is 9.78 Å². The fraction of sp³-hybridized carbons (Fsp3) is 0.606. The van der Waals surface area contributed by atoms with Gasteiger partial charge in [-0.25, -0.2) is 4.79 Å². The Morgan fingerprint density at radius 2 is 1.84 bits per heavy atom. The van der Waals surface area contributed by atoms with Crippen LogP contribution in [0.25, 0.3) is 0 Å². The predicted molar refractivity (Wildman–Crippen MR) is 173 cm³/mol. The lowest BCUT2D eigenvalue weighted by atomic mass is 9.77. The van der Waals surface area contributed by atoms with E-state index in [2.05, 4.69) is 31.2 Å². The van der Waals surface area contributed by atoms with Crippen LogP contribution < -0.4 is 10.1 Å². The van der Waals surface area contributed by atoms with Crippen LogP contribution in [0.1, 0.15) is 56.2 Å². The number of pyridine rings is 1. The quantitative estimate of drug-likeness (QED) is 0.380. The van der Waals surface area contributed by atoms with Gasteiger partial charge in [-0.05, 0) is 76.0 Å². The average Bonchev–Trinajstić information content (AvgIpc) is 3.01. The number of hydrogen-bond donors (Lipinski definition) is 1. The van der Waals surface area contributed by atoms with Gasteiger partial charge in [-0.1, -0.05) is 36.2 Å². The van der Waals surface area contributed by atoms with Crippen LogP contribution in [0.15, 0.2) is 36.5 Å². The molecule has 2 atom stereocenters. The lowest BCUT2D eigenvalue weighted by Gasteiger charge is -2.47. The summed E-state index contributed by atoms with van der Waals surface area (Å²) >= 11 is 12.6. The zero-order valence-electron chi connectivity index (χ0n) is 26.1. The fourth-order valence-corrected chi connectivity index (χ4v) is 6.94. The van der Waals surface area contributed by atoms with Gasteiger partial charge in [0, 0.05) is 66.2 Å². The van der Waals surface area contributed by atoms with Crippen molar-refractivity contribution < 1.29 is 19.1 Å². The van der Waals surface area contributed by atoms with Crippen LogP contribution in [0.5, 0.6) is 5.75 Å². The zero-order valence-corrected chi connectivity index (χ0v) is 27.6. The molecule has 3 saturated heterocycles. The molecule has 44 heavy (non-hydrogen) atoms. The van der Waals surface area contributed by atoms with Crippen molar-refractivity contribution in [3.8, 4) is 5.75 Å². The summed E-state index contributed by atoms with van der Waals surface area (Å²) in [7, 11) is 4.13. The number of amides is 3. The maximum atomic E-state index is 14.0. The van der Waals surface area contributed by atoms with E-state index in [0.29, 0.717) is 48.9 Å². The molecule has 0 aliphatic carbocycles. The monoisotopic (exact) mass is 645 g/mol. The largest absolute Gasteiger partial charge is 0.490 e. The number of ether oxygens (including phenoxy) is 2. The second kappa shape index (κ2) is 14.7. The Balaban J connectivity index is 1.24. The first-order valence-corrected chi connectivity index (χ1v) is 16.5. The molecule has 1 aromatic carbocycles. The minimum Gasteiger partial charge on any atom is -0.490 e. The summed E-state index contributed by atoms with van der Waals surface area (Å²) < 4.78 is 11.7. The van der Waals surface area contributed by atoms with E-state index in [4.69, 9.17) is 37.7 Å². The number of piperidine rings is 2. The molecular formula is C33H45Cl2N5O4. The van der Waals surface area contributed by atoms with Crippen LogP contribution in [-0.2, 0) is 16.0 Å². The first-order chi connectivity index (χ1) is 21.2. The molecule has 9 nitrogen and oxygen atoms in total. The van der Waals surface area contributed by atoms with Gasteiger partial charge in [-0.15, -0.1) is 0 Å². The highest BCUT2D eigenvalue weighted by molar-refractivity contribution is 6.35. The molecule has 3 aliphatic rings. The van der Waals surface area contributed by atoms with E-state index in [-0.39, 0.29) is 29.7 Å². The highest BCUT2D eigenvalue weighted by Crippen LogP contribution is 2.38. The Kier molecular flexibility index (Phi) is 10.9. The summed E-state index contributed by atoms with van der Waals surface area (Å²) in [5.41, 5.74) is 1.94. The molecule has 0 unspecified atom stereocenters. The summed E-state index contributed by atoms with van der Waals surface area (Å²) in [5.74, 6) is 0.902. The number of aromatic nitrogens is 1. The molecule has 3 amide bonds. The van der Waals surface area contributed by atoms with E-state index in [1.165, 1.54) is 0 Å². The summed E-state index contributed by atoms with van der Waals surface area (Å²) in [6, 6.07) is 8.52. The summed E-state index contributed by atoms with van der Waals surface area (Å²) in [6.07, 6.45) is 6.46. The lowest BCUT2D eigenvalue weighted by molar-refractivity contribution is -0.136. The molecular weight excluding hydrogens is 601 g/mol. The first-order valence-electron chi connectivity index (χ1n) is 15.8. The Hall–Kier alpha value is -2.59. The van der Waals surface area contributed by atoms with Gasteiger partial charge in [0.2, 0.25) is 5.91 Å². The zero-order chi connectivity index (χ0) is 31.3. The van der Waals surface area contributed by atoms with Crippen molar-refractivity contribution in [2.75, 3.05) is 60.1 Å². The standard InChI is InChI=1S/C33H45Cl2N5O4/c1-4-26(38(2)3)20-44-29-6-5-13-36-30(29)23-9-14-39(15-10-23)31(41)28(18-24-7-8-25(34)19-27(24)35)37-32(42)40-16-11-33(12-17-40)21-43-22-33/h5-8,13,19,23,26,28H,4,9-12,14-18,20-22H2,1-3H3,(H,37,42)/t26-,28-/m1/s1. The number of halogens is 2. The second-order valence-corrected chi connectivity index (χ2v) is 13.6. The number of urea groups is 1. The van der Waals surface area contributed by atoms with Gasteiger partial charge < -0.3 is 29.5 Å². The Labute approximate surface area is 271 Å². The number of likely N-dealkylation sites (N-methyl/N-ethyl adjacent to an activating group) is 1. The van der Waals surface area contributed by atoms with Crippen LogP contribution in [0.3, 0.4) is 0 Å². The van der Waals surface area contributed by atoms with Gasteiger partial charge >= 0.3 is 6.03 Å². The summed E-state index contributed by atoms with van der Waals surface area (Å²) in [4.78, 5) is 38.0. The van der Waals surface area contributed by atoms with Crippen molar-refractivity contribution in [3.05, 3.63) is 57.8 Å². The number of nitrogens with zero attached hydrogens (tertiary/aromatic N) is 4. The maximum absolute atomic E-state index is 14.0. The third-order valence-electron chi connectivity index (χ3n) is 9.59. The van der Waals surface area contributed by atoms with Crippen molar-refractivity contribution in [1.29, 1.82) is 0 Å². The van der Waals surface area contributed by atoms with E-state index in [9.17, 15) is 9.59 Å². The van der Waals surface area contributed by atoms with Gasteiger partial charge in [0.15, 0.2) is 0 Å². The molecule has 5 rings (SSSR count). The Morgan fingerprint density at radius 1 is 1.11 bits per heavy atom. The minimum absolute atomic E-state index is 0.0991. The molecule has 1 N–H and O–H groups in total. The van der Waals surface area contributed by atoms with Gasteiger partial charge in [-0.2, -0.15) is 0 Å². The number of benzene rings is 1. The Bertz CT molecular complexity index is 1290. The van der Waals surface area contributed by atoms with Crippen LogP contribution in [0, 0.1) is 5.41 Å². The smallest absolute Gasteiger partial charge is 0.318 e.